The van der Waals surface area contributed by atoms with E-state index in [1.165, 1.54) is 0 Å². The van der Waals surface area contributed by atoms with E-state index in [0.717, 1.165) is 0 Å². The molecule has 0 aromatic rings. The maximum absolute atomic E-state index is 11.7. The number of nitrogens with zero attached hydrogens (tertiary/aromatic N) is 1. The molecule has 0 aromatic carbocycles. The van der Waals surface area contributed by atoms with Gasteiger partial charge in [-0.1, -0.05) is 0 Å². The Hall–Kier alpha value is -0.950. The quantitative estimate of drug-likeness (QED) is 0.617. The Balaban J connectivity index is 4.24. The van der Waals surface area contributed by atoms with Gasteiger partial charge in [-0.05, 0) is 46.4 Å². The minimum atomic E-state index is -1.00. The molecule has 0 aliphatic carbocycles. The molecule has 19 heavy (non-hydrogen) atoms. The summed E-state index contributed by atoms with van der Waals surface area (Å²) in [6.45, 7) is 4.44. The van der Waals surface area contributed by atoms with Crippen molar-refractivity contribution in [1.29, 1.82) is 0 Å². The Bertz CT molecular complexity index is 309. The second kappa shape index (κ2) is 8.27. The van der Waals surface area contributed by atoms with E-state index in [0.29, 0.717) is 18.7 Å². The Kier molecular flexibility index (Phi) is 7.85. The zero-order valence-corrected chi connectivity index (χ0v) is 13.1. The highest BCUT2D eigenvalue weighted by Crippen LogP contribution is 2.07. The molecule has 2 amide bonds. The van der Waals surface area contributed by atoms with E-state index < -0.39 is 18.0 Å². The second-order valence-electron chi connectivity index (χ2n) is 5.21. The van der Waals surface area contributed by atoms with Gasteiger partial charge in [-0.2, -0.15) is 11.8 Å². The SMILES string of the molecule is CSCCC(NC(=O)NCC(C)(C)N(C)C)C(=O)O. The van der Waals surface area contributed by atoms with Gasteiger partial charge in [0.15, 0.2) is 0 Å². The summed E-state index contributed by atoms with van der Waals surface area (Å²) in [6, 6.07) is -1.28. The van der Waals surface area contributed by atoms with Crippen molar-refractivity contribution in [2.24, 2.45) is 0 Å². The van der Waals surface area contributed by atoms with E-state index in [9.17, 15) is 9.59 Å². The molecule has 0 aromatic heterocycles. The zero-order valence-electron chi connectivity index (χ0n) is 12.3. The van der Waals surface area contributed by atoms with Gasteiger partial charge in [0.1, 0.15) is 6.04 Å². The largest absolute Gasteiger partial charge is 0.480 e. The summed E-state index contributed by atoms with van der Waals surface area (Å²) < 4.78 is 0. The maximum Gasteiger partial charge on any atom is 0.326 e. The lowest BCUT2D eigenvalue weighted by atomic mass is 10.0. The number of rotatable bonds is 8. The Morgan fingerprint density at radius 3 is 2.37 bits per heavy atom. The van der Waals surface area contributed by atoms with Gasteiger partial charge >= 0.3 is 12.0 Å². The fourth-order valence-electron chi connectivity index (χ4n) is 1.16. The lowest BCUT2D eigenvalue weighted by Gasteiger charge is -2.32. The number of aliphatic carboxylic acids is 1. The third-order valence-corrected chi connectivity index (χ3v) is 3.75. The highest BCUT2D eigenvalue weighted by atomic mass is 32.2. The lowest BCUT2D eigenvalue weighted by molar-refractivity contribution is -0.139. The van der Waals surface area contributed by atoms with Crippen LogP contribution < -0.4 is 10.6 Å². The molecule has 0 bridgehead atoms. The van der Waals surface area contributed by atoms with Crippen LogP contribution in [0.15, 0.2) is 0 Å². The van der Waals surface area contributed by atoms with E-state index >= 15 is 0 Å². The molecule has 0 fully saturated rings. The number of urea groups is 1. The molecule has 0 spiro atoms. The Labute approximate surface area is 119 Å². The predicted octanol–water partition coefficient (Wildman–Crippen LogP) is 0.832. The summed E-state index contributed by atoms with van der Waals surface area (Å²) in [5.41, 5.74) is -0.185. The van der Waals surface area contributed by atoms with Gasteiger partial charge in [-0.15, -0.1) is 0 Å². The first-order valence-electron chi connectivity index (χ1n) is 6.14. The molecule has 0 saturated heterocycles. The summed E-state index contributed by atoms with van der Waals surface area (Å²) in [5, 5.41) is 14.2. The minimum Gasteiger partial charge on any atom is -0.480 e. The van der Waals surface area contributed by atoms with Crippen molar-refractivity contribution in [3.8, 4) is 0 Å². The number of likely N-dealkylation sites (N-methyl/N-ethyl adjacent to an activating group) is 1. The molecule has 0 aliphatic rings. The highest BCUT2D eigenvalue weighted by molar-refractivity contribution is 7.98. The zero-order chi connectivity index (χ0) is 15.1. The number of carbonyl (C=O) groups excluding carboxylic acids is 1. The van der Waals surface area contributed by atoms with E-state index in [-0.39, 0.29) is 5.54 Å². The van der Waals surface area contributed by atoms with Gasteiger partial charge in [-0.25, -0.2) is 9.59 Å². The van der Waals surface area contributed by atoms with Gasteiger partial charge in [0, 0.05) is 12.1 Å². The molecule has 112 valence electrons. The summed E-state index contributed by atoms with van der Waals surface area (Å²) in [4.78, 5) is 24.7. The van der Waals surface area contributed by atoms with Crippen molar-refractivity contribution in [1.82, 2.24) is 15.5 Å². The van der Waals surface area contributed by atoms with Gasteiger partial charge in [0.2, 0.25) is 0 Å². The molecular formula is C12H25N3O3S. The van der Waals surface area contributed by atoms with Gasteiger partial charge in [0.05, 0.1) is 0 Å². The van der Waals surface area contributed by atoms with Crippen LogP contribution in [0.2, 0.25) is 0 Å². The van der Waals surface area contributed by atoms with Gasteiger partial charge in [0.25, 0.3) is 0 Å². The molecule has 1 atom stereocenters. The molecule has 3 N–H and O–H groups in total. The minimum absolute atomic E-state index is 0.185. The van der Waals surface area contributed by atoms with Crippen molar-refractivity contribution in [2.75, 3.05) is 32.6 Å². The summed E-state index contributed by atoms with van der Waals surface area (Å²) in [6.07, 6.45) is 2.32. The van der Waals surface area contributed by atoms with Crippen LogP contribution in [0.1, 0.15) is 20.3 Å². The number of amides is 2. The molecule has 1 unspecified atom stereocenters. The molecule has 0 saturated carbocycles. The average Bonchev–Trinajstić information content (AvgIpc) is 2.31. The normalized spacial score (nSPS) is 13.2. The van der Waals surface area contributed by atoms with Crippen LogP contribution in [-0.2, 0) is 4.79 Å². The monoisotopic (exact) mass is 291 g/mol. The van der Waals surface area contributed by atoms with Crippen LogP contribution in [0.4, 0.5) is 4.79 Å². The molecule has 0 radical (unpaired) electrons. The van der Waals surface area contributed by atoms with Crippen molar-refractivity contribution >= 4 is 23.8 Å². The standard InChI is InChI=1S/C12H25N3O3S/c1-12(2,15(3)4)8-13-11(18)14-9(10(16)17)6-7-19-5/h9H,6-8H2,1-5H3,(H,16,17)(H2,13,14,18). The Morgan fingerprint density at radius 1 is 1.37 bits per heavy atom. The lowest BCUT2D eigenvalue weighted by Crippen LogP contribution is -2.53. The van der Waals surface area contributed by atoms with Crippen LogP contribution in [0.3, 0.4) is 0 Å². The number of hydrogen-bond acceptors (Lipinski definition) is 4. The number of nitrogens with one attached hydrogen (secondary N) is 2. The molecule has 7 heteroatoms. The van der Waals surface area contributed by atoms with Crippen LogP contribution in [0, 0.1) is 0 Å². The van der Waals surface area contributed by atoms with Crippen molar-refractivity contribution in [2.45, 2.75) is 31.8 Å². The number of thioether (sulfide) groups is 1. The number of carboxylic acid groups (broad SMARTS) is 1. The third kappa shape index (κ3) is 7.27. The number of carboxylic acids is 1. The molecule has 0 aliphatic heterocycles. The van der Waals surface area contributed by atoms with Crippen LogP contribution in [-0.4, -0.2) is 66.2 Å². The fraction of sp³-hybridized carbons (Fsp3) is 0.833. The Morgan fingerprint density at radius 2 is 1.95 bits per heavy atom. The van der Waals surface area contributed by atoms with E-state index in [2.05, 4.69) is 10.6 Å². The fourth-order valence-corrected chi connectivity index (χ4v) is 1.63. The van der Waals surface area contributed by atoms with E-state index in [4.69, 9.17) is 5.11 Å². The van der Waals surface area contributed by atoms with Crippen molar-refractivity contribution in [3.05, 3.63) is 0 Å². The molecule has 0 rings (SSSR count). The summed E-state index contributed by atoms with van der Waals surface area (Å²) in [5.74, 6) is -0.309. The number of hydrogen-bond donors (Lipinski definition) is 3. The highest BCUT2D eigenvalue weighted by Gasteiger charge is 2.23. The van der Waals surface area contributed by atoms with Crippen LogP contribution in [0.25, 0.3) is 0 Å². The van der Waals surface area contributed by atoms with Gasteiger partial charge < -0.3 is 20.6 Å². The first-order valence-corrected chi connectivity index (χ1v) is 7.53. The topological polar surface area (TPSA) is 81.7 Å². The smallest absolute Gasteiger partial charge is 0.326 e. The average molecular weight is 291 g/mol. The summed E-state index contributed by atoms with van der Waals surface area (Å²) >= 11 is 1.55. The van der Waals surface area contributed by atoms with Crippen LogP contribution >= 0.6 is 11.8 Å². The first kappa shape index (κ1) is 18.0. The molecule has 6 nitrogen and oxygen atoms in total. The van der Waals surface area contributed by atoms with Crippen molar-refractivity contribution < 1.29 is 14.7 Å². The van der Waals surface area contributed by atoms with E-state index in [1.807, 2.05) is 39.1 Å². The summed E-state index contributed by atoms with van der Waals surface area (Å²) in [7, 11) is 3.86. The first-order chi connectivity index (χ1) is 8.70. The van der Waals surface area contributed by atoms with Crippen LogP contribution in [0.5, 0.6) is 0 Å². The number of carbonyl (C=O) groups is 2. The molecule has 0 heterocycles. The van der Waals surface area contributed by atoms with E-state index in [1.54, 1.807) is 11.8 Å². The van der Waals surface area contributed by atoms with Crippen molar-refractivity contribution in [3.63, 3.8) is 0 Å². The third-order valence-electron chi connectivity index (χ3n) is 3.11. The second-order valence-corrected chi connectivity index (χ2v) is 6.19. The molecular weight excluding hydrogens is 266 g/mol. The predicted molar refractivity (Wildman–Crippen MR) is 78.7 cm³/mol. The van der Waals surface area contributed by atoms with Gasteiger partial charge in [-0.3, -0.25) is 0 Å². The maximum atomic E-state index is 11.7.